The number of nitrogens with one attached hydrogen (secondary N) is 2. The van der Waals surface area contributed by atoms with E-state index in [1.807, 2.05) is 45.0 Å². The fourth-order valence-electron chi connectivity index (χ4n) is 2.74. The number of nitrogens with zero attached hydrogens (tertiary/aromatic N) is 1. The largest absolute Gasteiger partial charge is 0.379 e. The number of benzene rings is 1. The molecule has 1 aliphatic rings. The van der Waals surface area contributed by atoms with Crippen molar-refractivity contribution in [1.29, 1.82) is 0 Å². The van der Waals surface area contributed by atoms with Gasteiger partial charge in [0.05, 0.1) is 6.10 Å². The second-order valence-corrected chi connectivity index (χ2v) is 6.94. The van der Waals surface area contributed by atoms with Crippen LogP contribution in [0.1, 0.15) is 38.3 Å². The number of ether oxygens (including phenoxy) is 1. The Morgan fingerprint density at radius 1 is 1.27 bits per heavy atom. The van der Waals surface area contributed by atoms with Gasteiger partial charge in [0.15, 0.2) is 0 Å². The van der Waals surface area contributed by atoms with Crippen LogP contribution in [0.2, 0.25) is 0 Å². The van der Waals surface area contributed by atoms with Gasteiger partial charge in [-0.1, -0.05) is 29.8 Å². The van der Waals surface area contributed by atoms with Gasteiger partial charge in [0.2, 0.25) is 5.91 Å². The zero-order chi connectivity index (χ0) is 19.3. The average molecular weight is 361 g/mol. The number of aryl methyl sites for hydroxylation is 1. The van der Waals surface area contributed by atoms with E-state index >= 15 is 0 Å². The van der Waals surface area contributed by atoms with Crippen molar-refractivity contribution in [1.82, 2.24) is 15.5 Å². The molecule has 1 heterocycles. The monoisotopic (exact) mass is 361 g/mol. The molecule has 2 N–H and O–H groups in total. The van der Waals surface area contributed by atoms with E-state index in [1.54, 1.807) is 6.92 Å². The van der Waals surface area contributed by atoms with Crippen LogP contribution in [-0.2, 0) is 19.9 Å². The number of hydrogen-bond acceptors (Lipinski definition) is 4. The Morgan fingerprint density at radius 3 is 2.54 bits per heavy atom. The van der Waals surface area contributed by atoms with Crippen molar-refractivity contribution in [2.75, 3.05) is 19.7 Å². The lowest BCUT2D eigenvalue weighted by Gasteiger charge is -2.22. The van der Waals surface area contributed by atoms with Gasteiger partial charge in [-0.15, -0.1) is 0 Å². The maximum absolute atomic E-state index is 12.8. The highest BCUT2D eigenvalue weighted by Crippen LogP contribution is 2.28. The minimum absolute atomic E-state index is 0.149. The summed E-state index contributed by atoms with van der Waals surface area (Å²) in [6.07, 6.45) is 0.821. The molecule has 2 rings (SSSR count). The Balaban J connectivity index is 1.92. The van der Waals surface area contributed by atoms with Gasteiger partial charge in [-0.2, -0.15) is 0 Å². The molecular formula is C19H27N3O4. The molecule has 142 valence electrons. The van der Waals surface area contributed by atoms with Crippen LogP contribution < -0.4 is 10.6 Å². The number of carbonyl (C=O) groups is 3. The van der Waals surface area contributed by atoms with Crippen molar-refractivity contribution in [2.24, 2.45) is 0 Å². The van der Waals surface area contributed by atoms with Crippen molar-refractivity contribution >= 4 is 17.8 Å². The van der Waals surface area contributed by atoms with Crippen LogP contribution >= 0.6 is 0 Å². The molecule has 1 atom stereocenters. The molecule has 1 aliphatic heterocycles. The van der Waals surface area contributed by atoms with Crippen LogP contribution in [0.25, 0.3) is 0 Å². The molecule has 1 unspecified atom stereocenters. The maximum atomic E-state index is 12.8. The summed E-state index contributed by atoms with van der Waals surface area (Å²) in [6.45, 7) is 8.18. The van der Waals surface area contributed by atoms with Gasteiger partial charge >= 0.3 is 6.03 Å². The number of rotatable bonds is 8. The highest BCUT2D eigenvalue weighted by molar-refractivity contribution is 6.09. The number of carbonyl (C=O) groups excluding carboxylic acids is 3. The van der Waals surface area contributed by atoms with E-state index in [4.69, 9.17) is 4.74 Å². The van der Waals surface area contributed by atoms with Crippen LogP contribution in [0.4, 0.5) is 4.79 Å². The Bertz CT molecular complexity index is 672. The van der Waals surface area contributed by atoms with E-state index in [-0.39, 0.29) is 18.6 Å². The molecule has 1 saturated heterocycles. The van der Waals surface area contributed by atoms with Crippen LogP contribution in [0.5, 0.6) is 0 Å². The maximum Gasteiger partial charge on any atom is 0.325 e. The first-order valence-corrected chi connectivity index (χ1v) is 8.83. The van der Waals surface area contributed by atoms with Crippen LogP contribution in [0.3, 0.4) is 0 Å². The summed E-state index contributed by atoms with van der Waals surface area (Å²) in [4.78, 5) is 38.0. The van der Waals surface area contributed by atoms with E-state index in [0.717, 1.165) is 10.5 Å². The van der Waals surface area contributed by atoms with E-state index in [2.05, 4.69) is 10.6 Å². The third kappa shape index (κ3) is 4.60. The molecule has 1 fully saturated rings. The SMILES string of the molecule is Cc1ccc(C2(C)NC(=O)N(CC(=O)NCCCOC(C)C)C2=O)cc1. The minimum Gasteiger partial charge on any atom is -0.379 e. The lowest BCUT2D eigenvalue weighted by Crippen LogP contribution is -2.43. The Morgan fingerprint density at radius 2 is 1.92 bits per heavy atom. The molecule has 26 heavy (non-hydrogen) atoms. The summed E-state index contributed by atoms with van der Waals surface area (Å²) in [5.74, 6) is -0.796. The molecule has 0 aliphatic carbocycles. The van der Waals surface area contributed by atoms with Crippen molar-refractivity contribution < 1.29 is 19.1 Å². The predicted molar refractivity (Wildman–Crippen MR) is 97.5 cm³/mol. The van der Waals surface area contributed by atoms with E-state index in [1.165, 1.54) is 0 Å². The van der Waals surface area contributed by atoms with Gasteiger partial charge in [0, 0.05) is 13.2 Å². The molecular weight excluding hydrogens is 334 g/mol. The number of hydrogen-bond donors (Lipinski definition) is 2. The molecule has 1 aromatic rings. The Hall–Kier alpha value is -2.41. The van der Waals surface area contributed by atoms with E-state index in [9.17, 15) is 14.4 Å². The summed E-state index contributed by atoms with van der Waals surface area (Å²) in [5.41, 5.74) is 0.595. The lowest BCUT2D eigenvalue weighted by atomic mass is 9.91. The van der Waals surface area contributed by atoms with Crippen molar-refractivity contribution in [2.45, 2.75) is 45.8 Å². The average Bonchev–Trinajstić information content (AvgIpc) is 2.79. The lowest BCUT2D eigenvalue weighted by molar-refractivity contribution is -0.134. The standard InChI is InChI=1S/C19H27N3O4/c1-13(2)26-11-5-10-20-16(23)12-22-17(24)19(4,21-18(22)25)15-8-6-14(3)7-9-15/h6-9,13H,5,10-12H2,1-4H3,(H,20,23)(H,21,25). The van der Waals surface area contributed by atoms with Gasteiger partial charge in [0.1, 0.15) is 12.1 Å². The number of urea groups is 1. The molecule has 0 radical (unpaired) electrons. The third-order valence-electron chi connectivity index (χ3n) is 4.30. The first-order chi connectivity index (χ1) is 12.2. The van der Waals surface area contributed by atoms with Crippen LogP contribution in [0.15, 0.2) is 24.3 Å². The van der Waals surface area contributed by atoms with Crippen LogP contribution in [-0.4, -0.2) is 48.5 Å². The number of amides is 4. The van der Waals surface area contributed by atoms with Crippen molar-refractivity contribution in [3.8, 4) is 0 Å². The van der Waals surface area contributed by atoms with E-state index < -0.39 is 17.5 Å². The first kappa shape index (κ1) is 19.9. The highest BCUT2D eigenvalue weighted by Gasteiger charge is 2.49. The third-order valence-corrected chi connectivity index (χ3v) is 4.30. The minimum atomic E-state index is -1.16. The van der Waals surface area contributed by atoms with Crippen molar-refractivity contribution in [3.63, 3.8) is 0 Å². The van der Waals surface area contributed by atoms with Gasteiger partial charge in [-0.3, -0.25) is 14.5 Å². The molecule has 0 aromatic heterocycles. The summed E-state index contributed by atoms with van der Waals surface area (Å²) in [7, 11) is 0. The van der Waals surface area contributed by atoms with Gasteiger partial charge in [-0.25, -0.2) is 4.79 Å². The Labute approximate surface area is 154 Å². The smallest absolute Gasteiger partial charge is 0.325 e. The molecule has 7 nitrogen and oxygen atoms in total. The van der Waals surface area contributed by atoms with Gasteiger partial charge < -0.3 is 15.4 Å². The fourth-order valence-corrected chi connectivity index (χ4v) is 2.74. The fraction of sp³-hybridized carbons (Fsp3) is 0.526. The Kier molecular flexibility index (Phi) is 6.37. The summed E-state index contributed by atoms with van der Waals surface area (Å²) in [5, 5.41) is 5.40. The summed E-state index contributed by atoms with van der Waals surface area (Å²) >= 11 is 0. The molecule has 7 heteroatoms. The molecule has 1 aromatic carbocycles. The molecule has 0 saturated carbocycles. The second kappa shape index (κ2) is 8.31. The van der Waals surface area contributed by atoms with E-state index in [0.29, 0.717) is 25.1 Å². The van der Waals surface area contributed by atoms with Crippen LogP contribution in [0, 0.1) is 6.92 Å². The quantitative estimate of drug-likeness (QED) is 0.545. The summed E-state index contributed by atoms with van der Waals surface area (Å²) in [6, 6.07) is 6.83. The molecule has 0 bridgehead atoms. The zero-order valence-corrected chi connectivity index (χ0v) is 15.8. The normalized spacial score (nSPS) is 19.8. The highest BCUT2D eigenvalue weighted by atomic mass is 16.5. The molecule has 0 spiro atoms. The van der Waals surface area contributed by atoms with Gasteiger partial charge in [0.25, 0.3) is 5.91 Å². The summed E-state index contributed by atoms with van der Waals surface area (Å²) < 4.78 is 5.40. The van der Waals surface area contributed by atoms with Gasteiger partial charge in [-0.05, 0) is 39.7 Å². The van der Waals surface area contributed by atoms with Crippen molar-refractivity contribution in [3.05, 3.63) is 35.4 Å². The zero-order valence-electron chi connectivity index (χ0n) is 15.8. The number of imide groups is 1. The molecule has 4 amide bonds. The second-order valence-electron chi connectivity index (χ2n) is 6.94. The predicted octanol–water partition coefficient (Wildman–Crippen LogP) is 1.69. The first-order valence-electron chi connectivity index (χ1n) is 8.83. The topological polar surface area (TPSA) is 87.7 Å².